The molecule has 0 unspecified atom stereocenters. The van der Waals surface area contributed by atoms with Crippen LogP contribution in [-0.4, -0.2) is 39.0 Å². The maximum atomic E-state index is 12.8. The summed E-state index contributed by atoms with van der Waals surface area (Å²) in [6.07, 6.45) is 2.67. The van der Waals surface area contributed by atoms with E-state index < -0.39 is 0 Å². The van der Waals surface area contributed by atoms with Crippen LogP contribution in [0.15, 0.2) is 40.9 Å². The van der Waals surface area contributed by atoms with Gasteiger partial charge >= 0.3 is 0 Å². The highest BCUT2D eigenvalue weighted by atomic mass is 16.5. The van der Waals surface area contributed by atoms with E-state index in [0.717, 1.165) is 49.1 Å². The van der Waals surface area contributed by atoms with Crippen LogP contribution in [0.4, 0.5) is 0 Å². The van der Waals surface area contributed by atoms with Crippen LogP contribution in [0.1, 0.15) is 54.8 Å². The highest BCUT2D eigenvalue weighted by Crippen LogP contribution is 2.23. The number of para-hydroxylation sites is 1. The molecule has 0 N–H and O–H groups in total. The Morgan fingerprint density at radius 2 is 1.93 bits per heavy atom. The van der Waals surface area contributed by atoms with Crippen molar-refractivity contribution in [2.75, 3.05) is 13.1 Å². The third kappa shape index (κ3) is 3.84. The summed E-state index contributed by atoms with van der Waals surface area (Å²) in [6, 6.07) is 11.6. The SMILES string of the molecule is CC(C)c1noc(CC2CCN(C(=O)c3ccc4ccccc4n3)CC2)n1. The van der Waals surface area contributed by atoms with Crippen molar-refractivity contribution in [1.29, 1.82) is 0 Å². The van der Waals surface area contributed by atoms with Crippen molar-refractivity contribution in [2.24, 2.45) is 5.92 Å². The van der Waals surface area contributed by atoms with E-state index in [2.05, 4.69) is 29.0 Å². The van der Waals surface area contributed by atoms with Gasteiger partial charge in [-0.25, -0.2) is 4.98 Å². The predicted molar refractivity (Wildman–Crippen MR) is 102 cm³/mol. The molecule has 4 rings (SSSR count). The third-order valence-corrected chi connectivity index (χ3v) is 5.18. The third-order valence-electron chi connectivity index (χ3n) is 5.18. The Hall–Kier alpha value is -2.76. The molecule has 1 fully saturated rings. The van der Waals surface area contributed by atoms with Crippen LogP contribution >= 0.6 is 0 Å². The Labute approximate surface area is 158 Å². The molecule has 140 valence electrons. The molecular weight excluding hydrogens is 340 g/mol. The molecule has 6 heteroatoms. The number of fused-ring (bicyclic) bond motifs is 1. The summed E-state index contributed by atoms with van der Waals surface area (Å²) in [6.45, 7) is 5.59. The van der Waals surface area contributed by atoms with Crippen LogP contribution in [0, 0.1) is 5.92 Å². The van der Waals surface area contributed by atoms with Gasteiger partial charge in [-0.3, -0.25) is 4.79 Å². The first-order valence-electron chi connectivity index (χ1n) is 9.57. The zero-order chi connectivity index (χ0) is 18.8. The number of carbonyl (C=O) groups is 1. The second-order valence-electron chi connectivity index (χ2n) is 7.53. The molecule has 1 saturated heterocycles. The number of rotatable bonds is 4. The van der Waals surface area contributed by atoms with Crippen LogP contribution in [0.3, 0.4) is 0 Å². The fraction of sp³-hybridized carbons (Fsp3) is 0.429. The molecule has 0 atom stereocenters. The summed E-state index contributed by atoms with van der Waals surface area (Å²) in [5.41, 5.74) is 1.38. The molecule has 1 aromatic carbocycles. The average Bonchev–Trinajstić information content (AvgIpc) is 3.16. The molecule has 0 bridgehead atoms. The van der Waals surface area contributed by atoms with Gasteiger partial charge in [-0.05, 0) is 30.9 Å². The number of nitrogens with zero attached hydrogens (tertiary/aromatic N) is 4. The lowest BCUT2D eigenvalue weighted by Crippen LogP contribution is -2.39. The minimum absolute atomic E-state index is 0.0130. The van der Waals surface area contributed by atoms with E-state index in [1.807, 2.05) is 41.3 Å². The van der Waals surface area contributed by atoms with Crippen molar-refractivity contribution in [3.8, 4) is 0 Å². The van der Waals surface area contributed by atoms with Crippen molar-refractivity contribution in [2.45, 2.75) is 39.0 Å². The molecular formula is C21H24N4O2. The van der Waals surface area contributed by atoms with Crippen molar-refractivity contribution >= 4 is 16.8 Å². The molecule has 3 heterocycles. The summed E-state index contributed by atoms with van der Waals surface area (Å²) < 4.78 is 5.36. The van der Waals surface area contributed by atoms with E-state index in [0.29, 0.717) is 17.5 Å². The number of aromatic nitrogens is 3. The van der Waals surface area contributed by atoms with Gasteiger partial charge in [-0.2, -0.15) is 4.98 Å². The van der Waals surface area contributed by atoms with Crippen LogP contribution in [-0.2, 0) is 6.42 Å². The molecule has 3 aromatic rings. The van der Waals surface area contributed by atoms with E-state index in [4.69, 9.17) is 4.52 Å². The van der Waals surface area contributed by atoms with E-state index >= 15 is 0 Å². The second kappa shape index (κ2) is 7.47. The van der Waals surface area contributed by atoms with Gasteiger partial charge in [0.2, 0.25) is 5.89 Å². The lowest BCUT2D eigenvalue weighted by atomic mass is 9.93. The van der Waals surface area contributed by atoms with Gasteiger partial charge in [0.15, 0.2) is 5.82 Å². The van der Waals surface area contributed by atoms with E-state index in [1.54, 1.807) is 0 Å². The fourth-order valence-electron chi connectivity index (χ4n) is 3.52. The van der Waals surface area contributed by atoms with Crippen LogP contribution < -0.4 is 0 Å². The van der Waals surface area contributed by atoms with Crippen LogP contribution in [0.25, 0.3) is 10.9 Å². The Bertz CT molecular complexity index is 942. The van der Waals surface area contributed by atoms with Crippen LogP contribution in [0.2, 0.25) is 0 Å². The highest BCUT2D eigenvalue weighted by Gasteiger charge is 2.26. The van der Waals surface area contributed by atoms with Gasteiger partial charge in [-0.1, -0.05) is 43.3 Å². The summed E-state index contributed by atoms with van der Waals surface area (Å²) in [5.74, 6) is 2.23. The lowest BCUT2D eigenvalue weighted by molar-refractivity contribution is 0.0682. The van der Waals surface area contributed by atoms with Crippen molar-refractivity contribution in [3.05, 3.63) is 53.8 Å². The smallest absolute Gasteiger partial charge is 0.272 e. The summed E-state index contributed by atoms with van der Waals surface area (Å²) >= 11 is 0. The maximum Gasteiger partial charge on any atom is 0.272 e. The Balaban J connectivity index is 1.37. The molecule has 1 aliphatic rings. The molecule has 0 saturated carbocycles. The molecule has 0 radical (unpaired) electrons. The second-order valence-corrected chi connectivity index (χ2v) is 7.53. The minimum atomic E-state index is 0.0130. The zero-order valence-corrected chi connectivity index (χ0v) is 15.8. The standard InChI is InChI=1S/C21H24N4O2/c1-14(2)20-23-19(27-24-20)13-15-9-11-25(12-10-15)21(26)18-8-7-16-5-3-4-6-17(16)22-18/h3-8,14-15H,9-13H2,1-2H3. The summed E-state index contributed by atoms with van der Waals surface area (Å²) in [7, 11) is 0. The van der Waals surface area contributed by atoms with E-state index in [9.17, 15) is 4.79 Å². The summed E-state index contributed by atoms with van der Waals surface area (Å²) in [5, 5.41) is 5.08. The van der Waals surface area contributed by atoms with Gasteiger partial charge < -0.3 is 9.42 Å². The number of hydrogen-bond donors (Lipinski definition) is 0. The molecule has 0 aliphatic carbocycles. The molecule has 27 heavy (non-hydrogen) atoms. The quantitative estimate of drug-likeness (QED) is 0.703. The predicted octanol–water partition coefficient (Wildman–Crippen LogP) is 3.84. The molecule has 0 spiro atoms. The first-order valence-corrected chi connectivity index (χ1v) is 9.57. The number of amides is 1. The Kier molecular flexibility index (Phi) is 4.88. The van der Waals surface area contributed by atoms with Gasteiger partial charge in [0.25, 0.3) is 5.91 Å². The largest absolute Gasteiger partial charge is 0.339 e. The normalized spacial score (nSPS) is 15.6. The fourth-order valence-corrected chi connectivity index (χ4v) is 3.52. The number of likely N-dealkylation sites (tertiary alicyclic amines) is 1. The average molecular weight is 364 g/mol. The van der Waals surface area contributed by atoms with Gasteiger partial charge in [0.1, 0.15) is 5.69 Å². The topological polar surface area (TPSA) is 72.1 Å². The van der Waals surface area contributed by atoms with Gasteiger partial charge in [-0.15, -0.1) is 0 Å². The van der Waals surface area contributed by atoms with E-state index in [-0.39, 0.29) is 11.8 Å². The highest BCUT2D eigenvalue weighted by molar-refractivity contribution is 5.94. The number of pyridine rings is 1. The van der Waals surface area contributed by atoms with Crippen molar-refractivity contribution in [3.63, 3.8) is 0 Å². The molecule has 2 aromatic heterocycles. The number of carbonyl (C=O) groups excluding carboxylic acids is 1. The van der Waals surface area contributed by atoms with Crippen molar-refractivity contribution in [1.82, 2.24) is 20.0 Å². The van der Waals surface area contributed by atoms with Crippen molar-refractivity contribution < 1.29 is 9.32 Å². The lowest BCUT2D eigenvalue weighted by Gasteiger charge is -2.31. The summed E-state index contributed by atoms with van der Waals surface area (Å²) in [4.78, 5) is 23.7. The number of piperidine rings is 1. The maximum absolute atomic E-state index is 12.8. The Morgan fingerprint density at radius 3 is 2.67 bits per heavy atom. The zero-order valence-electron chi connectivity index (χ0n) is 15.8. The minimum Gasteiger partial charge on any atom is -0.339 e. The molecule has 6 nitrogen and oxygen atoms in total. The number of benzene rings is 1. The van der Waals surface area contributed by atoms with Gasteiger partial charge in [0.05, 0.1) is 5.52 Å². The first kappa shape index (κ1) is 17.6. The van der Waals surface area contributed by atoms with Gasteiger partial charge in [0, 0.05) is 30.8 Å². The monoisotopic (exact) mass is 364 g/mol. The van der Waals surface area contributed by atoms with E-state index in [1.165, 1.54) is 0 Å². The van der Waals surface area contributed by atoms with Crippen LogP contribution in [0.5, 0.6) is 0 Å². The molecule has 1 aliphatic heterocycles. The Morgan fingerprint density at radius 1 is 1.15 bits per heavy atom. The molecule has 1 amide bonds. The first-order chi connectivity index (χ1) is 13.1. The number of hydrogen-bond acceptors (Lipinski definition) is 5.